The summed E-state index contributed by atoms with van der Waals surface area (Å²) in [4.78, 5) is 51.2. The summed E-state index contributed by atoms with van der Waals surface area (Å²) in [5.41, 5.74) is 0. The van der Waals surface area contributed by atoms with Crippen molar-refractivity contribution in [3.63, 3.8) is 0 Å². The van der Waals surface area contributed by atoms with Gasteiger partial charge in [0.25, 0.3) is 0 Å². The van der Waals surface area contributed by atoms with E-state index in [0.717, 1.165) is 148 Å². The van der Waals surface area contributed by atoms with Crippen LogP contribution < -0.4 is 0 Å². The molecule has 0 amide bonds. The fourth-order valence-electron chi connectivity index (χ4n) is 8.74. The number of carboxylic acid groups (broad SMARTS) is 1. The number of aliphatic carboxylic acids is 1. The fraction of sp³-hybridized carbons (Fsp3) is 0.723. The van der Waals surface area contributed by atoms with Gasteiger partial charge in [-0.05, 0) is 116 Å². The first-order valence-corrected chi connectivity index (χ1v) is 30.6. The monoisotopic (exact) mass is 1080 g/mol. The highest BCUT2D eigenvalue weighted by molar-refractivity contribution is 5.74. The number of allylic oxidation sites excluding steroid dienone is 14. The molecule has 12 nitrogen and oxygen atoms in total. The molecule has 0 aliphatic carbocycles. The van der Waals surface area contributed by atoms with Crippen LogP contribution in [0, 0.1) is 0 Å². The van der Waals surface area contributed by atoms with Gasteiger partial charge in [-0.2, -0.15) is 0 Å². The minimum atomic E-state index is -1.91. The zero-order valence-electron chi connectivity index (χ0n) is 48.4. The van der Waals surface area contributed by atoms with Gasteiger partial charge < -0.3 is 39.0 Å². The van der Waals surface area contributed by atoms with Gasteiger partial charge in [0.05, 0.1) is 6.61 Å². The largest absolute Gasteiger partial charge is 0.479 e. The Hall–Kier alpha value is -4.10. The Balaban J connectivity index is 2.71. The smallest absolute Gasteiger partial charge is 0.335 e. The van der Waals surface area contributed by atoms with E-state index >= 15 is 0 Å². The first-order valence-electron chi connectivity index (χ1n) is 30.6. The van der Waals surface area contributed by atoms with Crippen molar-refractivity contribution in [2.45, 2.75) is 289 Å². The summed E-state index contributed by atoms with van der Waals surface area (Å²) in [6, 6.07) is 0. The number of rotatable bonds is 51. The molecule has 0 saturated carbocycles. The molecule has 3 N–H and O–H groups in total. The Bertz CT molecular complexity index is 1660. The molecule has 440 valence electrons. The second-order valence-electron chi connectivity index (χ2n) is 20.6. The summed E-state index contributed by atoms with van der Waals surface area (Å²) in [7, 11) is 0. The van der Waals surface area contributed by atoms with Gasteiger partial charge in [-0.3, -0.25) is 14.4 Å². The topological polar surface area (TPSA) is 175 Å². The van der Waals surface area contributed by atoms with E-state index in [1.54, 1.807) is 0 Å². The van der Waals surface area contributed by atoms with Crippen molar-refractivity contribution >= 4 is 23.9 Å². The van der Waals surface area contributed by atoms with Crippen LogP contribution in [0.25, 0.3) is 0 Å². The lowest BCUT2D eigenvalue weighted by molar-refractivity contribution is -0.301. The van der Waals surface area contributed by atoms with E-state index in [1.165, 1.54) is 44.9 Å². The summed E-state index contributed by atoms with van der Waals surface area (Å²) >= 11 is 0. The zero-order valence-corrected chi connectivity index (χ0v) is 48.4. The molecule has 1 aliphatic rings. The normalized spacial score (nSPS) is 18.6. The van der Waals surface area contributed by atoms with E-state index in [4.69, 9.17) is 23.7 Å². The highest BCUT2D eigenvalue weighted by atomic mass is 16.7. The number of carbonyl (C=O) groups excluding carboxylic acids is 3. The molecule has 12 heteroatoms. The second-order valence-corrected chi connectivity index (χ2v) is 20.6. The predicted molar refractivity (Wildman–Crippen MR) is 312 cm³/mol. The van der Waals surface area contributed by atoms with E-state index in [-0.39, 0.29) is 25.9 Å². The van der Waals surface area contributed by atoms with Gasteiger partial charge in [-0.1, -0.05) is 202 Å². The maximum absolute atomic E-state index is 13.2. The summed E-state index contributed by atoms with van der Waals surface area (Å²) < 4.78 is 28.4. The third kappa shape index (κ3) is 42.5. The Morgan fingerprint density at radius 3 is 1.25 bits per heavy atom. The molecular formula is C65H108O12. The van der Waals surface area contributed by atoms with E-state index in [9.17, 15) is 34.5 Å². The molecule has 0 aromatic rings. The molecule has 0 aromatic carbocycles. The number of hydrogen-bond donors (Lipinski definition) is 3. The lowest BCUT2D eigenvalue weighted by Gasteiger charge is -2.40. The Morgan fingerprint density at radius 1 is 0.442 bits per heavy atom. The van der Waals surface area contributed by atoms with Crippen LogP contribution in [0.3, 0.4) is 0 Å². The molecule has 6 atom stereocenters. The molecule has 1 rings (SSSR count). The third-order valence-corrected chi connectivity index (χ3v) is 13.4. The number of carboxylic acids is 1. The Morgan fingerprint density at radius 2 is 0.818 bits per heavy atom. The van der Waals surface area contributed by atoms with Crippen molar-refractivity contribution in [1.82, 2.24) is 0 Å². The number of ether oxygens (including phenoxy) is 5. The van der Waals surface area contributed by atoms with Crippen LogP contribution >= 0.6 is 0 Å². The standard InChI is InChI=1S/C65H108O12/c1-4-7-10-13-16-19-22-25-28-29-32-33-36-39-42-45-48-51-57(66)73-54-56(75-58(67)52-49-46-43-40-37-34-30-26-23-20-17-14-11-8-5-2)55-74-65-63(61(70)60(69)62(77-65)64(71)72)76-59(68)53-50-47-44-41-38-35-31-27-24-21-18-15-12-9-6-3/h7,10,16-21,25-28,30-31,56,60-63,65,69-70H,4-6,8-9,11-15,22-24,29,32-55H2,1-3H3,(H,71,72)/b10-7-,19-16-,20-17-,21-18-,28-25-,30-26-,31-27-. The van der Waals surface area contributed by atoms with Crippen molar-refractivity contribution in [2.75, 3.05) is 13.2 Å². The molecular weight excluding hydrogens is 973 g/mol. The van der Waals surface area contributed by atoms with Crippen molar-refractivity contribution in [1.29, 1.82) is 0 Å². The van der Waals surface area contributed by atoms with Crippen molar-refractivity contribution < 1.29 is 58.2 Å². The Labute approximate surface area is 467 Å². The quantitative estimate of drug-likeness (QED) is 0.0228. The average molecular weight is 1080 g/mol. The van der Waals surface area contributed by atoms with E-state index in [2.05, 4.69) is 106 Å². The first-order chi connectivity index (χ1) is 37.6. The van der Waals surface area contributed by atoms with Gasteiger partial charge in [0.1, 0.15) is 18.8 Å². The van der Waals surface area contributed by atoms with Gasteiger partial charge in [-0.25, -0.2) is 4.79 Å². The van der Waals surface area contributed by atoms with Crippen LogP contribution in [0.1, 0.15) is 252 Å². The molecule has 0 spiro atoms. The molecule has 1 fully saturated rings. The fourth-order valence-corrected chi connectivity index (χ4v) is 8.74. The van der Waals surface area contributed by atoms with Gasteiger partial charge in [0.15, 0.2) is 24.6 Å². The summed E-state index contributed by atoms with van der Waals surface area (Å²) in [5.74, 6) is -3.17. The van der Waals surface area contributed by atoms with Crippen LogP contribution in [0.4, 0.5) is 0 Å². The van der Waals surface area contributed by atoms with Crippen LogP contribution in [0.5, 0.6) is 0 Å². The van der Waals surface area contributed by atoms with E-state index < -0.39 is 67.3 Å². The highest BCUT2D eigenvalue weighted by Gasteiger charge is 2.50. The van der Waals surface area contributed by atoms with Crippen molar-refractivity contribution in [2.24, 2.45) is 0 Å². The van der Waals surface area contributed by atoms with Crippen LogP contribution in [-0.2, 0) is 42.9 Å². The maximum atomic E-state index is 13.2. The molecule has 0 aromatic heterocycles. The van der Waals surface area contributed by atoms with Crippen LogP contribution in [0.15, 0.2) is 85.1 Å². The Kier molecular flexibility index (Phi) is 48.4. The average Bonchev–Trinajstić information content (AvgIpc) is 3.42. The molecule has 6 unspecified atom stereocenters. The number of aliphatic hydroxyl groups excluding tert-OH is 2. The molecule has 0 radical (unpaired) electrons. The number of aliphatic hydroxyl groups is 2. The minimum absolute atomic E-state index is 0.0392. The van der Waals surface area contributed by atoms with E-state index in [1.807, 2.05) is 0 Å². The number of carbonyl (C=O) groups is 4. The van der Waals surface area contributed by atoms with Crippen LogP contribution in [0.2, 0.25) is 0 Å². The van der Waals surface area contributed by atoms with E-state index in [0.29, 0.717) is 19.3 Å². The molecule has 1 heterocycles. The highest BCUT2D eigenvalue weighted by Crippen LogP contribution is 2.26. The first kappa shape index (κ1) is 70.9. The van der Waals surface area contributed by atoms with Crippen LogP contribution in [-0.4, -0.2) is 89.2 Å². The van der Waals surface area contributed by atoms with Gasteiger partial charge in [-0.15, -0.1) is 0 Å². The lowest BCUT2D eigenvalue weighted by atomic mass is 9.98. The number of esters is 3. The summed E-state index contributed by atoms with van der Waals surface area (Å²) in [6.45, 7) is 5.81. The lowest BCUT2D eigenvalue weighted by Crippen LogP contribution is -2.61. The second kappa shape index (κ2) is 52.6. The molecule has 77 heavy (non-hydrogen) atoms. The zero-order chi connectivity index (χ0) is 56.1. The molecule has 1 saturated heterocycles. The van der Waals surface area contributed by atoms with Gasteiger partial charge in [0.2, 0.25) is 0 Å². The number of hydrogen-bond acceptors (Lipinski definition) is 11. The molecule has 0 bridgehead atoms. The van der Waals surface area contributed by atoms with Crippen molar-refractivity contribution in [3.05, 3.63) is 85.1 Å². The SMILES string of the molecule is CC/C=C\C/C=C\C/C=C\CCCCCCCCCC(=O)OCC(COC1OC(C(=O)O)C(O)C(O)C1OC(=O)CCCCCCC/C=C\C/C=C\CCCCC)OC(=O)CCCCCCC/C=C\C/C=C\CCCCC. The predicted octanol–water partition coefficient (Wildman–Crippen LogP) is 15.9. The molecule has 1 aliphatic heterocycles. The van der Waals surface area contributed by atoms with Crippen molar-refractivity contribution in [3.8, 4) is 0 Å². The van der Waals surface area contributed by atoms with Gasteiger partial charge >= 0.3 is 23.9 Å². The third-order valence-electron chi connectivity index (χ3n) is 13.4. The minimum Gasteiger partial charge on any atom is -0.479 e. The number of unbranched alkanes of at least 4 members (excludes halogenated alkanes) is 23. The summed E-state index contributed by atoms with van der Waals surface area (Å²) in [5, 5.41) is 31.5. The summed E-state index contributed by atoms with van der Waals surface area (Å²) in [6.07, 6.45) is 55.4. The maximum Gasteiger partial charge on any atom is 0.335 e. The van der Waals surface area contributed by atoms with Gasteiger partial charge in [0, 0.05) is 19.3 Å².